The van der Waals surface area contributed by atoms with Crippen molar-refractivity contribution in [3.63, 3.8) is 0 Å². The van der Waals surface area contributed by atoms with Crippen molar-refractivity contribution in [1.82, 2.24) is 4.72 Å². The van der Waals surface area contributed by atoms with Crippen molar-refractivity contribution in [2.24, 2.45) is 0 Å². The quantitative estimate of drug-likeness (QED) is 0.809. The van der Waals surface area contributed by atoms with Crippen LogP contribution in [0.3, 0.4) is 0 Å². The molecule has 0 saturated carbocycles. The highest BCUT2D eigenvalue weighted by Crippen LogP contribution is 2.19. The van der Waals surface area contributed by atoms with E-state index in [0.29, 0.717) is 5.75 Å². The van der Waals surface area contributed by atoms with Gasteiger partial charge in [0.05, 0.1) is 4.90 Å². The molecule has 0 spiro atoms. The molecule has 0 aliphatic rings. The van der Waals surface area contributed by atoms with Crippen LogP contribution in [0.1, 0.15) is 6.42 Å². The molecule has 2 rings (SSSR count). The molecule has 0 aromatic heterocycles. The maximum absolute atomic E-state index is 12.4. The molecular weight excluding hydrogens is 322 g/mol. The van der Waals surface area contributed by atoms with Gasteiger partial charge in [-0.3, -0.25) is 4.79 Å². The minimum atomic E-state index is -3.87. The second-order valence-electron chi connectivity index (χ2n) is 4.80. The molecule has 2 N–H and O–H groups in total. The summed E-state index contributed by atoms with van der Waals surface area (Å²) in [6, 6.07) is 11.0. The molecule has 2 aromatic carbocycles. The van der Waals surface area contributed by atoms with E-state index in [9.17, 15) is 13.2 Å². The number of carboxylic acids is 1. The van der Waals surface area contributed by atoms with E-state index in [0.717, 1.165) is 10.8 Å². The molecule has 1 atom stereocenters. The molecule has 0 saturated heterocycles. The first-order valence-electron chi connectivity index (χ1n) is 6.67. The van der Waals surface area contributed by atoms with Crippen LogP contribution in [0.5, 0.6) is 0 Å². The average Bonchev–Trinajstić information content (AvgIpc) is 2.50. The third-order valence-electron chi connectivity index (χ3n) is 3.24. The number of carbonyl (C=O) groups is 1. The van der Waals surface area contributed by atoms with Gasteiger partial charge in [-0.15, -0.1) is 0 Å². The van der Waals surface area contributed by atoms with Gasteiger partial charge in [0.25, 0.3) is 0 Å². The molecule has 2 aromatic rings. The summed E-state index contributed by atoms with van der Waals surface area (Å²) in [4.78, 5) is 11.3. The lowest BCUT2D eigenvalue weighted by Gasteiger charge is -2.14. The molecule has 0 fully saturated rings. The topological polar surface area (TPSA) is 83.5 Å². The smallest absolute Gasteiger partial charge is 0.321 e. The van der Waals surface area contributed by atoms with Gasteiger partial charge in [-0.2, -0.15) is 16.5 Å². The summed E-state index contributed by atoms with van der Waals surface area (Å²) in [7, 11) is -3.87. The van der Waals surface area contributed by atoms with Crippen LogP contribution in [0, 0.1) is 0 Å². The minimum Gasteiger partial charge on any atom is -0.480 e. The van der Waals surface area contributed by atoms with Crippen LogP contribution in [0.2, 0.25) is 0 Å². The first kappa shape index (κ1) is 16.8. The molecule has 7 heteroatoms. The molecule has 0 aliphatic heterocycles. The van der Waals surface area contributed by atoms with E-state index < -0.39 is 22.0 Å². The Kier molecular flexibility index (Phi) is 5.44. The normalized spacial score (nSPS) is 13.1. The largest absolute Gasteiger partial charge is 0.480 e. The number of carboxylic acid groups (broad SMARTS) is 1. The van der Waals surface area contributed by atoms with Gasteiger partial charge >= 0.3 is 5.97 Å². The highest BCUT2D eigenvalue weighted by atomic mass is 32.2. The molecule has 118 valence electrons. The van der Waals surface area contributed by atoms with Crippen LogP contribution in [-0.2, 0) is 14.8 Å². The van der Waals surface area contributed by atoms with E-state index in [4.69, 9.17) is 5.11 Å². The van der Waals surface area contributed by atoms with Crippen molar-refractivity contribution in [1.29, 1.82) is 0 Å². The Morgan fingerprint density at radius 3 is 2.55 bits per heavy atom. The predicted molar refractivity (Wildman–Crippen MR) is 88.7 cm³/mol. The summed E-state index contributed by atoms with van der Waals surface area (Å²) in [5.74, 6) is -0.601. The van der Waals surface area contributed by atoms with Crippen LogP contribution < -0.4 is 4.72 Å². The first-order chi connectivity index (χ1) is 10.4. The average molecular weight is 339 g/mol. The SMILES string of the molecule is CSCC[C@H](NS(=O)(=O)c1ccc2ccccc2c1)C(=O)O. The summed E-state index contributed by atoms with van der Waals surface area (Å²) in [6.45, 7) is 0. The molecule has 0 unspecified atom stereocenters. The molecule has 0 aliphatic carbocycles. The van der Waals surface area contributed by atoms with E-state index in [-0.39, 0.29) is 11.3 Å². The summed E-state index contributed by atoms with van der Waals surface area (Å²) in [5.41, 5.74) is 0. The third kappa shape index (κ3) is 4.00. The fourth-order valence-electron chi connectivity index (χ4n) is 2.06. The van der Waals surface area contributed by atoms with Gasteiger partial charge in [0.2, 0.25) is 10.0 Å². The molecular formula is C15H17NO4S2. The number of sulfonamides is 1. The number of fused-ring (bicyclic) bond motifs is 1. The molecule has 0 amide bonds. The lowest BCUT2D eigenvalue weighted by atomic mass is 10.1. The highest BCUT2D eigenvalue weighted by molar-refractivity contribution is 7.98. The summed E-state index contributed by atoms with van der Waals surface area (Å²) in [6.07, 6.45) is 2.08. The number of thioether (sulfide) groups is 1. The maximum atomic E-state index is 12.4. The van der Waals surface area contributed by atoms with Crippen LogP contribution >= 0.6 is 11.8 Å². The summed E-state index contributed by atoms with van der Waals surface area (Å²) >= 11 is 1.47. The van der Waals surface area contributed by atoms with Crippen molar-refractivity contribution in [2.75, 3.05) is 12.0 Å². The highest BCUT2D eigenvalue weighted by Gasteiger charge is 2.25. The Morgan fingerprint density at radius 2 is 1.91 bits per heavy atom. The standard InChI is InChI=1S/C15H17NO4S2/c1-21-9-8-14(15(17)18)16-22(19,20)13-7-6-11-4-2-3-5-12(11)10-13/h2-7,10,14,16H,8-9H2,1H3,(H,17,18)/t14-/m0/s1. The Bertz CT molecular complexity index is 774. The van der Waals surface area contributed by atoms with Crippen molar-refractivity contribution in [3.05, 3.63) is 42.5 Å². The Balaban J connectivity index is 2.28. The fraction of sp³-hybridized carbons (Fsp3) is 0.267. The summed E-state index contributed by atoms with van der Waals surface area (Å²) in [5, 5.41) is 10.9. The fourth-order valence-corrected chi connectivity index (χ4v) is 3.79. The third-order valence-corrected chi connectivity index (χ3v) is 5.35. The second-order valence-corrected chi connectivity index (χ2v) is 7.50. The van der Waals surface area contributed by atoms with Gasteiger partial charge in [0, 0.05) is 0 Å². The lowest BCUT2D eigenvalue weighted by molar-refractivity contribution is -0.139. The minimum absolute atomic E-state index is 0.0709. The first-order valence-corrected chi connectivity index (χ1v) is 9.54. The molecule has 0 heterocycles. The van der Waals surface area contributed by atoms with Crippen molar-refractivity contribution in [3.8, 4) is 0 Å². The molecule has 0 bridgehead atoms. The number of benzene rings is 2. The van der Waals surface area contributed by atoms with Gasteiger partial charge in [0.1, 0.15) is 6.04 Å². The Hall–Kier alpha value is -1.57. The Morgan fingerprint density at radius 1 is 1.23 bits per heavy atom. The van der Waals surface area contributed by atoms with E-state index >= 15 is 0 Å². The lowest BCUT2D eigenvalue weighted by Crippen LogP contribution is -2.41. The number of nitrogens with one attached hydrogen (secondary N) is 1. The van der Waals surface area contributed by atoms with E-state index in [2.05, 4.69) is 4.72 Å². The zero-order valence-corrected chi connectivity index (χ0v) is 13.7. The van der Waals surface area contributed by atoms with Crippen molar-refractivity contribution < 1.29 is 18.3 Å². The Labute approximate surface area is 133 Å². The van der Waals surface area contributed by atoms with Crippen molar-refractivity contribution >= 4 is 38.5 Å². The van der Waals surface area contributed by atoms with Crippen LogP contribution in [-0.4, -0.2) is 37.5 Å². The van der Waals surface area contributed by atoms with E-state index in [1.807, 2.05) is 30.5 Å². The zero-order valence-electron chi connectivity index (χ0n) is 12.0. The molecule has 5 nitrogen and oxygen atoms in total. The van der Waals surface area contributed by atoms with E-state index in [1.165, 1.54) is 17.8 Å². The van der Waals surface area contributed by atoms with Crippen molar-refractivity contribution in [2.45, 2.75) is 17.4 Å². The van der Waals surface area contributed by atoms with Crippen LogP contribution in [0.15, 0.2) is 47.4 Å². The van der Waals surface area contributed by atoms with Gasteiger partial charge in [0.15, 0.2) is 0 Å². The van der Waals surface area contributed by atoms with Gasteiger partial charge in [-0.05, 0) is 41.3 Å². The van der Waals surface area contributed by atoms with Gasteiger partial charge < -0.3 is 5.11 Å². The zero-order chi connectivity index (χ0) is 16.2. The second kappa shape index (κ2) is 7.13. The predicted octanol–water partition coefficient (Wildman–Crippen LogP) is 2.32. The number of hydrogen-bond donors (Lipinski definition) is 2. The summed E-state index contributed by atoms with van der Waals surface area (Å²) < 4.78 is 27.0. The van der Waals surface area contributed by atoms with E-state index in [1.54, 1.807) is 12.1 Å². The molecule has 0 radical (unpaired) electrons. The number of rotatable bonds is 7. The van der Waals surface area contributed by atoms with Crippen LogP contribution in [0.4, 0.5) is 0 Å². The number of aliphatic carboxylic acids is 1. The van der Waals surface area contributed by atoms with Crippen LogP contribution in [0.25, 0.3) is 10.8 Å². The van der Waals surface area contributed by atoms with Gasteiger partial charge in [-0.25, -0.2) is 8.42 Å². The van der Waals surface area contributed by atoms with Gasteiger partial charge in [-0.1, -0.05) is 30.3 Å². The monoisotopic (exact) mass is 339 g/mol. The number of hydrogen-bond acceptors (Lipinski definition) is 4. The molecule has 22 heavy (non-hydrogen) atoms. The maximum Gasteiger partial charge on any atom is 0.321 e.